The molecule has 2 heterocycles. The summed E-state index contributed by atoms with van der Waals surface area (Å²) in [6.45, 7) is 4.53. The van der Waals surface area contributed by atoms with Gasteiger partial charge in [-0.2, -0.15) is 4.98 Å². The van der Waals surface area contributed by atoms with Crippen LogP contribution in [0.4, 0.5) is 0 Å². The Hall–Kier alpha value is -2.57. The Bertz CT molecular complexity index is 661. The van der Waals surface area contributed by atoms with Crippen molar-refractivity contribution in [2.75, 3.05) is 27.3 Å². The van der Waals surface area contributed by atoms with E-state index in [4.69, 9.17) is 9.47 Å². The van der Waals surface area contributed by atoms with Gasteiger partial charge in [-0.05, 0) is 18.6 Å². The number of methoxy groups -OCH3 is 2. The lowest BCUT2D eigenvalue weighted by molar-refractivity contribution is -0.127. The van der Waals surface area contributed by atoms with Crippen LogP contribution in [-0.4, -0.2) is 66.0 Å². The van der Waals surface area contributed by atoms with Crippen LogP contribution in [-0.2, 0) is 4.79 Å². The lowest BCUT2D eigenvalue weighted by Crippen LogP contribution is -2.50. The molecule has 0 radical (unpaired) electrons. The molecule has 0 N–H and O–H groups in total. The topological polar surface area (TPSA) is 72.0 Å². The number of pyridine rings is 1. The van der Waals surface area contributed by atoms with Crippen molar-refractivity contribution in [3.63, 3.8) is 0 Å². The second-order valence-corrected chi connectivity index (χ2v) is 5.52. The third-order valence-electron chi connectivity index (χ3n) is 4.29. The van der Waals surface area contributed by atoms with Crippen molar-refractivity contribution in [3.8, 4) is 11.8 Å². The number of hydrogen-bond donors (Lipinski definition) is 0. The first-order valence-corrected chi connectivity index (χ1v) is 7.43. The first-order valence-electron chi connectivity index (χ1n) is 7.43. The minimum absolute atomic E-state index is 0.0620. The number of nitrogens with zero attached hydrogens (tertiary/aromatic N) is 3. The minimum Gasteiger partial charge on any atom is -0.481 e. The Morgan fingerprint density at radius 1 is 1.22 bits per heavy atom. The van der Waals surface area contributed by atoms with Gasteiger partial charge in [-0.15, -0.1) is 0 Å². The van der Waals surface area contributed by atoms with Gasteiger partial charge in [0, 0.05) is 19.2 Å². The van der Waals surface area contributed by atoms with Crippen molar-refractivity contribution in [2.24, 2.45) is 0 Å². The first-order chi connectivity index (χ1) is 11.1. The summed E-state index contributed by atoms with van der Waals surface area (Å²) in [4.78, 5) is 32.3. The molecule has 0 bridgehead atoms. The van der Waals surface area contributed by atoms with Crippen molar-refractivity contribution in [1.82, 2.24) is 14.8 Å². The van der Waals surface area contributed by atoms with Gasteiger partial charge in [-0.1, -0.05) is 6.58 Å². The van der Waals surface area contributed by atoms with E-state index in [0.717, 1.165) is 6.42 Å². The van der Waals surface area contributed by atoms with Gasteiger partial charge in [0.25, 0.3) is 5.91 Å². The lowest BCUT2D eigenvalue weighted by atomic mass is 10.2. The Morgan fingerprint density at radius 2 is 1.91 bits per heavy atom. The van der Waals surface area contributed by atoms with Crippen LogP contribution < -0.4 is 9.47 Å². The maximum Gasteiger partial charge on any atom is 0.259 e. The molecule has 2 unspecified atom stereocenters. The van der Waals surface area contributed by atoms with E-state index in [1.807, 2.05) is 0 Å². The number of hydrogen-bond acceptors (Lipinski definition) is 5. The maximum atomic E-state index is 12.8. The Kier molecular flexibility index (Phi) is 3.94. The summed E-state index contributed by atoms with van der Waals surface area (Å²) < 4.78 is 10.3. The second kappa shape index (κ2) is 5.91. The fourth-order valence-electron chi connectivity index (χ4n) is 3.04. The molecule has 0 aromatic carbocycles. The molecule has 2 amide bonds. The quantitative estimate of drug-likeness (QED) is 0.765. The zero-order valence-electron chi connectivity index (χ0n) is 13.2. The van der Waals surface area contributed by atoms with Crippen LogP contribution in [0, 0.1) is 0 Å². The normalized spacial score (nSPS) is 22.2. The van der Waals surface area contributed by atoms with E-state index in [0.29, 0.717) is 24.5 Å². The SMILES string of the molecule is C=CC(=O)N1CCN(C(=O)c2ccc(OC)nc2OC)C2CC21. The summed E-state index contributed by atoms with van der Waals surface area (Å²) >= 11 is 0. The molecular formula is C16H19N3O4. The van der Waals surface area contributed by atoms with Crippen LogP contribution in [0.1, 0.15) is 16.8 Å². The fourth-order valence-corrected chi connectivity index (χ4v) is 3.04. The van der Waals surface area contributed by atoms with E-state index < -0.39 is 0 Å². The van der Waals surface area contributed by atoms with Crippen molar-refractivity contribution >= 4 is 11.8 Å². The average Bonchev–Trinajstić information content (AvgIpc) is 3.39. The Balaban J connectivity index is 1.78. The molecule has 1 aliphatic heterocycles. The first kappa shape index (κ1) is 15.3. The van der Waals surface area contributed by atoms with Crippen LogP contribution >= 0.6 is 0 Å². The van der Waals surface area contributed by atoms with Gasteiger partial charge in [0.05, 0.1) is 26.3 Å². The van der Waals surface area contributed by atoms with Crippen LogP contribution in [0.2, 0.25) is 0 Å². The summed E-state index contributed by atoms with van der Waals surface area (Å²) in [5, 5.41) is 0. The van der Waals surface area contributed by atoms with Gasteiger partial charge in [0.15, 0.2) is 0 Å². The molecule has 122 valence electrons. The van der Waals surface area contributed by atoms with Gasteiger partial charge in [0.1, 0.15) is 5.56 Å². The summed E-state index contributed by atoms with van der Waals surface area (Å²) in [6, 6.07) is 3.45. The minimum atomic E-state index is -0.129. The number of piperazine rings is 1. The lowest BCUT2D eigenvalue weighted by Gasteiger charge is -2.33. The van der Waals surface area contributed by atoms with Crippen LogP contribution in [0.15, 0.2) is 24.8 Å². The average molecular weight is 317 g/mol. The molecule has 0 spiro atoms. The molecule has 2 fully saturated rings. The van der Waals surface area contributed by atoms with E-state index in [2.05, 4.69) is 11.6 Å². The van der Waals surface area contributed by atoms with E-state index >= 15 is 0 Å². The number of carbonyl (C=O) groups excluding carboxylic acids is 2. The monoisotopic (exact) mass is 317 g/mol. The van der Waals surface area contributed by atoms with Crippen molar-refractivity contribution < 1.29 is 19.1 Å². The molecule has 1 aliphatic carbocycles. The number of rotatable bonds is 4. The smallest absolute Gasteiger partial charge is 0.259 e. The van der Waals surface area contributed by atoms with Gasteiger partial charge >= 0.3 is 0 Å². The van der Waals surface area contributed by atoms with Crippen molar-refractivity contribution in [3.05, 3.63) is 30.4 Å². The molecule has 1 aromatic heterocycles. The van der Waals surface area contributed by atoms with Gasteiger partial charge < -0.3 is 19.3 Å². The van der Waals surface area contributed by atoms with Crippen molar-refractivity contribution in [2.45, 2.75) is 18.5 Å². The Labute approximate surface area is 134 Å². The highest BCUT2D eigenvalue weighted by molar-refractivity contribution is 5.97. The highest BCUT2D eigenvalue weighted by atomic mass is 16.5. The number of aromatic nitrogens is 1. The number of carbonyl (C=O) groups is 2. The molecule has 2 atom stereocenters. The largest absolute Gasteiger partial charge is 0.481 e. The molecule has 1 saturated heterocycles. The highest BCUT2D eigenvalue weighted by Gasteiger charge is 2.52. The third kappa shape index (κ3) is 2.62. The Morgan fingerprint density at radius 3 is 2.57 bits per heavy atom. The molecule has 1 saturated carbocycles. The molecule has 2 aliphatic rings. The zero-order chi connectivity index (χ0) is 16.6. The van der Waals surface area contributed by atoms with Crippen LogP contribution in [0.3, 0.4) is 0 Å². The van der Waals surface area contributed by atoms with E-state index in [1.165, 1.54) is 20.3 Å². The van der Waals surface area contributed by atoms with Gasteiger partial charge in [0.2, 0.25) is 17.7 Å². The third-order valence-corrected chi connectivity index (χ3v) is 4.29. The number of ether oxygens (including phenoxy) is 2. The summed E-state index contributed by atoms with van der Waals surface area (Å²) in [5.41, 5.74) is 0.405. The molecule has 3 rings (SSSR count). The molecule has 1 aromatic rings. The molecule has 23 heavy (non-hydrogen) atoms. The highest BCUT2D eigenvalue weighted by Crippen LogP contribution is 2.38. The van der Waals surface area contributed by atoms with Gasteiger partial charge in [-0.25, -0.2) is 0 Å². The second-order valence-electron chi connectivity index (χ2n) is 5.52. The summed E-state index contributed by atoms with van der Waals surface area (Å²) in [7, 11) is 2.98. The van der Waals surface area contributed by atoms with Gasteiger partial charge in [-0.3, -0.25) is 9.59 Å². The van der Waals surface area contributed by atoms with E-state index in [9.17, 15) is 9.59 Å². The molecule has 7 nitrogen and oxygen atoms in total. The van der Waals surface area contributed by atoms with Crippen LogP contribution in [0.5, 0.6) is 11.8 Å². The van der Waals surface area contributed by atoms with Crippen molar-refractivity contribution in [1.29, 1.82) is 0 Å². The number of amides is 2. The summed E-state index contributed by atoms with van der Waals surface area (Å²) in [6.07, 6.45) is 2.13. The van der Waals surface area contributed by atoms with E-state index in [1.54, 1.807) is 21.9 Å². The summed E-state index contributed by atoms with van der Waals surface area (Å²) in [5.74, 6) is 0.434. The zero-order valence-corrected chi connectivity index (χ0v) is 13.2. The number of fused-ring (bicyclic) bond motifs is 1. The molecule has 7 heteroatoms. The van der Waals surface area contributed by atoms with E-state index in [-0.39, 0.29) is 29.8 Å². The maximum absolute atomic E-state index is 12.8. The fraction of sp³-hybridized carbons (Fsp3) is 0.438. The molecular weight excluding hydrogens is 298 g/mol. The van der Waals surface area contributed by atoms with Crippen LogP contribution in [0.25, 0.3) is 0 Å². The standard InChI is InChI=1S/C16H19N3O4/c1-4-14(20)18-7-8-19(12-9-11(12)18)16(21)10-5-6-13(22-2)17-15(10)23-3/h4-6,11-12H,1,7-9H2,2-3H3. The predicted octanol–water partition coefficient (Wildman–Crippen LogP) is 0.710. The predicted molar refractivity (Wildman–Crippen MR) is 82.5 cm³/mol.